The minimum absolute atomic E-state index is 0.232. The lowest BCUT2D eigenvalue weighted by Crippen LogP contribution is -2.13. The molecule has 0 spiro atoms. The predicted molar refractivity (Wildman–Crippen MR) is 66.6 cm³/mol. The number of aryl methyl sites for hydroxylation is 2. The van der Waals surface area contributed by atoms with Crippen molar-refractivity contribution in [3.8, 4) is 0 Å². The maximum Gasteiger partial charge on any atom is 0.263 e. The van der Waals surface area contributed by atoms with Crippen LogP contribution < -0.4 is 4.72 Å². The Kier molecular flexibility index (Phi) is 3.12. The molecule has 1 aromatic heterocycles. The second-order valence-electron chi connectivity index (χ2n) is 3.60. The Morgan fingerprint density at radius 3 is 2.59 bits per heavy atom. The highest BCUT2D eigenvalue weighted by Crippen LogP contribution is 2.19. The van der Waals surface area contributed by atoms with E-state index in [2.05, 4.69) is 14.9 Å². The van der Waals surface area contributed by atoms with Crippen molar-refractivity contribution in [2.45, 2.75) is 18.7 Å². The summed E-state index contributed by atoms with van der Waals surface area (Å²) in [5.74, 6) is 0. The summed E-state index contributed by atoms with van der Waals surface area (Å²) in [5.41, 5.74) is 3.46. The third kappa shape index (κ3) is 2.62. The molecular formula is C10H11N3O2S2. The lowest BCUT2D eigenvalue weighted by Gasteiger charge is -2.06. The molecule has 1 N–H and O–H groups in total. The molecule has 1 heterocycles. The Balaban J connectivity index is 2.35. The minimum atomic E-state index is -3.56. The van der Waals surface area contributed by atoms with E-state index in [1.807, 2.05) is 13.8 Å². The smallest absolute Gasteiger partial charge is 0.253 e. The predicted octanol–water partition coefficient (Wildman–Crippen LogP) is 1.96. The molecule has 1 aromatic carbocycles. The van der Waals surface area contributed by atoms with Crippen molar-refractivity contribution in [2.24, 2.45) is 0 Å². The van der Waals surface area contributed by atoms with Crippen LogP contribution in [0.15, 0.2) is 28.6 Å². The number of rotatable bonds is 3. The summed E-state index contributed by atoms with van der Waals surface area (Å²) in [6.45, 7) is 3.81. The number of hydrogen-bond donors (Lipinski definition) is 1. The summed E-state index contributed by atoms with van der Waals surface area (Å²) in [4.78, 5) is 0.232. The largest absolute Gasteiger partial charge is 0.263 e. The average molecular weight is 269 g/mol. The van der Waals surface area contributed by atoms with Crippen LogP contribution in [-0.4, -0.2) is 18.6 Å². The average Bonchev–Trinajstić information content (AvgIpc) is 2.73. The summed E-state index contributed by atoms with van der Waals surface area (Å²) in [6, 6.07) is 4.99. The molecule has 0 amide bonds. The fraction of sp³-hybridized carbons (Fsp3) is 0.200. The number of anilines is 1. The number of benzene rings is 1. The van der Waals surface area contributed by atoms with Crippen LogP contribution in [-0.2, 0) is 10.0 Å². The van der Waals surface area contributed by atoms with Crippen LogP contribution in [0.25, 0.3) is 0 Å². The summed E-state index contributed by atoms with van der Waals surface area (Å²) in [5, 5.41) is 7.49. The highest BCUT2D eigenvalue weighted by atomic mass is 32.2. The molecule has 17 heavy (non-hydrogen) atoms. The van der Waals surface area contributed by atoms with Gasteiger partial charge in [0.25, 0.3) is 10.0 Å². The number of sulfonamides is 1. The van der Waals surface area contributed by atoms with Crippen molar-refractivity contribution >= 4 is 26.5 Å². The molecule has 0 saturated carbocycles. The van der Waals surface area contributed by atoms with Crippen LogP contribution in [0.2, 0.25) is 0 Å². The van der Waals surface area contributed by atoms with Crippen molar-refractivity contribution < 1.29 is 8.42 Å². The van der Waals surface area contributed by atoms with Gasteiger partial charge in [0.2, 0.25) is 5.13 Å². The third-order valence-electron chi connectivity index (χ3n) is 2.37. The zero-order chi connectivity index (χ0) is 12.5. The second-order valence-corrected chi connectivity index (χ2v) is 6.11. The van der Waals surface area contributed by atoms with E-state index in [0.29, 0.717) is 0 Å². The normalized spacial score (nSPS) is 11.4. The molecule has 2 rings (SSSR count). The highest BCUT2D eigenvalue weighted by Gasteiger charge is 2.16. The van der Waals surface area contributed by atoms with Gasteiger partial charge in [0.15, 0.2) is 0 Å². The lowest BCUT2D eigenvalue weighted by molar-refractivity contribution is 0.601. The van der Waals surface area contributed by atoms with E-state index in [-0.39, 0.29) is 10.0 Å². The van der Waals surface area contributed by atoms with E-state index in [1.165, 1.54) is 5.51 Å². The van der Waals surface area contributed by atoms with Crippen LogP contribution in [0.3, 0.4) is 0 Å². The van der Waals surface area contributed by atoms with Gasteiger partial charge in [-0.25, -0.2) is 8.42 Å². The number of nitrogens with zero attached hydrogens (tertiary/aromatic N) is 2. The van der Waals surface area contributed by atoms with E-state index in [4.69, 9.17) is 0 Å². The fourth-order valence-corrected chi connectivity index (χ4v) is 3.05. The Hall–Kier alpha value is -1.47. The van der Waals surface area contributed by atoms with Crippen LogP contribution in [0.1, 0.15) is 11.1 Å². The van der Waals surface area contributed by atoms with Gasteiger partial charge in [-0.05, 0) is 37.1 Å². The summed E-state index contributed by atoms with van der Waals surface area (Å²) in [6.07, 6.45) is 0. The first-order valence-corrected chi connectivity index (χ1v) is 7.21. The molecule has 0 bridgehead atoms. The van der Waals surface area contributed by atoms with Gasteiger partial charge in [0.05, 0.1) is 4.90 Å². The van der Waals surface area contributed by atoms with Crippen molar-refractivity contribution in [1.82, 2.24) is 10.2 Å². The Bertz CT molecular complexity index is 621. The summed E-state index contributed by atoms with van der Waals surface area (Å²) < 4.78 is 26.4. The van der Waals surface area contributed by atoms with Gasteiger partial charge in [0.1, 0.15) is 5.51 Å². The SMILES string of the molecule is Cc1ccc(S(=O)(=O)Nc2nncs2)cc1C. The quantitative estimate of drug-likeness (QED) is 0.924. The van der Waals surface area contributed by atoms with Crippen molar-refractivity contribution in [2.75, 3.05) is 4.72 Å². The molecule has 0 atom stereocenters. The van der Waals surface area contributed by atoms with Gasteiger partial charge in [-0.3, -0.25) is 4.72 Å². The van der Waals surface area contributed by atoms with Crippen LogP contribution >= 0.6 is 11.3 Å². The molecule has 0 unspecified atom stereocenters. The molecule has 2 aromatic rings. The van der Waals surface area contributed by atoms with E-state index in [1.54, 1.807) is 18.2 Å². The molecule has 0 aliphatic heterocycles. The van der Waals surface area contributed by atoms with E-state index >= 15 is 0 Å². The summed E-state index contributed by atoms with van der Waals surface area (Å²) in [7, 11) is -3.56. The first kappa shape index (κ1) is 12.0. The highest BCUT2D eigenvalue weighted by molar-refractivity contribution is 7.93. The zero-order valence-electron chi connectivity index (χ0n) is 9.34. The fourth-order valence-electron chi connectivity index (χ4n) is 1.27. The van der Waals surface area contributed by atoms with Gasteiger partial charge in [-0.15, -0.1) is 10.2 Å². The van der Waals surface area contributed by atoms with Crippen LogP contribution in [0, 0.1) is 13.8 Å². The molecule has 90 valence electrons. The molecule has 0 radical (unpaired) electrons. The zero-order valence-corrected chi connectivity index (χ0v) is 11.0. The molecule has 0 saturated heterocycles. The summed E-state index contributed by atoms with van der Waals surface area (Å²) >= 11 is 1.14. The second kappa shape index (κ2) is 4.42. The standard InChI is InChI=1S/C10H11N3O2S2/c1-7-3-4-9(5-8(7)2)17(14,15)13-10-12-11-6-16-10/h3-6H,1-2H3,(H,12,13). The van der Waals surface area contributed by atoms with Gasteiger partial charge in [-0.2, -0.15) is 0 Å². The van der Waals surface area contributed by atoms with Crippen molar-refractivity contribution in [3.63, 3.8) is 0 Å². The topological polar surface area (TPSA) is 72.0 Å². The Labute approximate surface area is 104 Å². The van der Waals surface area contributed by atoms with Gasteiger partial charge < -0.3 is 0 Å². The molecule has 5 nitrogen and oxygen atoms in total. The number of nitrogens with one attached hydrogen (secondary N) is 1. The first-order chi connectivity index (χ1) is 7.99. The maximum atomic E-state index is 12.0. The third-order valence-corrected chi connectivity index (χ3v) is 4.44. The van der Waals surface area contributed by atoms with E-state index in [9.17, 15) is 8.42 Å². The lowest BCUT2D eigenvalue weighted by atomic mass is 10.1. The van der Waals surface area contributed by atoms with Crippen LogP contribution in [0.4, 0.5) is 5.13 Å². The maximum absolute atomic E-state index is 12.0. The Morgan fingerprint density at radius 2 is 2.00 bits per heavy atom. The van der Waals surface area contributed by atoms with E-state index < -0.39 is 10.0 Å². The Morgan fingerprint density at radius 1 is 1.24 bits per heavy atom. The minimum Gasteiger partial charge on any atom is -0.253 e. The molecule has 0 aliphatic rings. The van der Waals surface area contributed by atoms with Gasteiger partial charge in [0, 0.05) is 0 Å². The van der Waals surface area contributed by atoms with Crippen molar-refractivity contribution in [3.05, 3.63) is 34.8 Å². The van der Waals surface area contributed by atoms with Gasteiger partial charge >= 0.3 is 0 Å². The number of aromatic nitrogens is 2. The first-order valence-electron chi connectivity index (χ1n) is 4.85. The van der Waals surface area contributed by atoms with E-state index in [0.717, 1.165) is 22.5 Å². The van der Waals surface area contributed by atoms with Gasteiger partial charge in [-0.1, -0.05) is 17.4 Å². The molecule has 0 fully saturated rings. The molecule has 0 aliphatic carbocycles. The molecular weight excluding hydrogens is 258 g/mol. The van der Waals surface area contributed by atoms with Crippen LogP contribution in [0.5, 0.6) is 0 Å². The molecule has 7 heteroatoms. The number of hydrogen-bond acceptors (Lipinski definition) is 5. The van der Waals surface area contributed by atoms with Crippen molar-refractivity contribution in [1.29, 1.82) is 0 Å². The monoisotopic (exact) mass is 269 g/mol.